The van der Waals surface area contributed by atoms with Gasteiger partial charge in [0.2, 0.25) is 0 Å². The van der Waals surface area contributed by atoms with Gasteiger partial charge < -0.3 is 14.8 Å². The summed E-state index contributed by atoms with van der Waals surface area (Å²) in [5.41, 5.74) is 0.579. The first-order valence-corrected chi connectivity index (χ1v) is 4.61. The van der Waals surface area contributed by atoms with Crippen molar-refractivity contribution in [2.75, 3.05) is 11.9 Å². The summed E-state index contributed by atoms with van der Waals surface area (Å²) in [6.45, 7) is 1.56. The average molecular weight is 248 g/mol. The van der Waals surface area contributed by atoms with Gasteiger partial charge in [-0.2, -0.15) is 0 Å². The molecule has 0 saturated carbocycles. The van der Waals surface area contributed by atoms with E-state index in [9.17, 15) is 13.2 Å². The molecular weight excluding hydrogens is 237 g/mol. The summed E-state index contributed by atoms with van der Waals surface area (Å²) in [7, 11) is 1.62. The van der Waals surface area contributed by atoms with E-state index in [1.54, 1.807) is 14.0 Å². The van der Waals surface area contributed by atoms with Crippen molar-refractivity contribution in [2.24, 2.45) is 5.16 Å². The molecule has 7 heteroatoms. The van der Waals surface area contributed by atoms with Gasteiger partial charge in [-0.1, -0.05) is 5.16 Å². The SMILES string of the molecule is C/C(=N\O)N(C)c1ccc(OC(F)(F)F)cc1. The number of hydrogen-bond acceptors (Lipinski definition) is 3. The average Bonchev–Trinajstić information content (AvgIpc) is 2.26. The Balaban J connectivity index is 2.81. The molecule has 0 saturated heterocycles. The van der Waals surface area contributed by atoms with Crippen LogP contribution in [0, 0.1) is 0 Å². The third-order valence-corrected chi connectivity index (χ3v) is 2.09. The molecular formula is C10H11F3N2O2. The van der Waals surface area contributed by atoms with Gasteiger partial charge >= 0.3 is 6.36 Å². The molecule has 0 aliphatic carbocycles. The second-order valence-corrected chi connectivity index (χ2v) is 3.25. The van der Waals surface area contributed by atoms with Crippen molar-refractivity contribution in [1.29, 1.82) is 0 Å². The number of oxime groups is 1. The van der Waals surface area contributed by atoms with Crippen LogP contribution in [0.1, 0.15) is 6.92 Å². The molecule has 0 amide bonds. The lowest BCUT2D eigenvalue weighted by atomic mass is 10.3. The monoisotopic (exact) mass is 248 g/mol. The minimum absolute atomic E-state index is 0.298. The Hall–Kier alpha value is -1.92. The molecule has 1 aromatic carbocycles. The molecule has 1 N–H and O–H groups in total. The van der Waals surface area contributed by atoms with E-state index in [1.807, 2.05) is 0 Å². The van der Waals surface area contributed by atoms with Crippen LogP contribution in [0.2, 0.25) is 0 Å². The molecule has 1 rings (SSSR count). The third kappa shape index (κ3) is 3.86. The molecule has 94 valence electrons. The van der Waals surface area contributed by atoms with Gasteiger partial charge in [0.1, 0.15) is 11.6 Å². The van der Waals surface area contributed by atoms with Crippen molar-refractivity contribution in [3.8, 4) is 5.75 Å². The molecule has 0 fully saturated rings. The number of hydrogen-bond donors (Lipinski definition) is 1. The number of halogens is 3. The van der Waals surface area contributed by atoms with Crippen LogP contribution < -0.4 is 9.64 Å². The van der Waals surface area contributed by atoms with Crippen LogP contribution in [-0.2, 0) is 0 Å². The van der Waals surface area contributed by atoms with Crippen molar-refractivity contribution in [3.05, 3.63) is 24.3 Å². The third-order valence-electron chi connectivity index (χ3n) is 2.09. The van der Waals surface area contributed by atoms with E-state index in [0.29, 0.717) is 11.5 Å². The summed E-state index contributed by atoms with van der Waals surface area (Å²) in [6.07, 6.45) is -4.70. The fraction of sp³-hybridized carbons (Fsp3) is 0.300. The van der Waals surface area contributed by atoms with E-state index < -0.39 is 6.36 Å². The van der Waals surface area contributed by atoms with Gasteiger partial charge in [0.05, 0.1) is 0 Å². The Morgan fingerprint density at radius 3 is 2.24 bits per heavy atom. The molecule has 17 heavy (non-hydrogen) atoms. The highest BCUT2D eigenvalue weighted by Gasteiger charge is 2.30. The van der Waals surface area contributed by atoms with Crippen molar-refractivity contribution in [3.63, 3.8) is 0 Å². The molecule has 0 radical (unpaired) electrons. The second-order valence-electron chi connectivity index (χ2n) is 3.25. The summed E-state index contributed by atoms with van der Waals surface area (Å²) in [5.74, 6) is 0.0164. The van der Waals surface area contributed by atoms with E-state index in [2.05, 4.69) is 9.89 Å². The van der Waals surface area contributed by atoms with Crippen LogP contribution >= 0.6 is 0 Å². The summed E-state index contributed by atoms with van der Waals surface area (Å²) < 4.78 is 39.4. The predicted molar refractivity (Wildman–Crippen MR) is 56.4 cm³/mol. The highest BCUT2D eigenvalue weighted by atomic mass is 19.4. The Kier molecular flexibility index (Phi) is 3.82. The van der Waals surface area contributed by atoms with Crippen LogP contribution in [0.3, 0.4) is 0 Å². The first-order valence-electron chi connectivity index (χ1n) is 4.61. The van der Waals surface area contributed by atoms with Gasteiger partial charge in [-0.15, -0.1) is 13.2 Å². The number of anilines is 1. The molecule has 0 heterocycles. The minimum Gasteiger partial charge on any atom is -0.409 e. The number of amidine groups is 1. The smallest absolute Gasteiger partial charge is 0.409 e. The highest BCUT2D eigenvalue weighted by molar-refractivity contribution is 5.94. The van der Waals surface area contributed by atoms with Crippen molar-refractivity contribution in [2.45, 2.75) is 13.3 Å². The topological polar surface area (TPSA) is 45.1 Å². The lowest BCUT2D eigenvalue weighted by Crippen LogP contribution is -2.23. The van der Waals surface area contributed by atoms with E-state index in [-0.39, 0.29) is 5.75 Å². The maximum absolute atomic E-state index is 11.9. The standard InChI is InChI=1S/C10H11F3N2O2/c1-7(14-16)15(2)8-3-5-9(6-4-8)17-10(11,12)13/h3-6,16H,1-2H3/b14-7+. The molecule has 0 aromatic heterocycles. The maximum Gasteiger partial charge on any atom is 0.573 e. The number of ether oxygens (including phenoxy) is 1. The maximum atomic E-state index is 11.9. The fourth-order valence-corrected chi connectivity index (χ4v) is 1.13. The van der Waals surface area contributed by atoms with Crippen molar-refractivity contribution >= 4 is 11.5 Å². The summed E-state index contributed by atoms with van der Waals surface area (Å²) in [6, 6.07) is 5.22. The summed E-state index contributed by atoms with van der Waals surface area (Å²) in [4.78, 5) is 1.51. The van der Waals surface area contributed by atoms with Gasteiger partial charge in [0.25, 0.3) is 0 Å². The normalized spacial score (nSPS) is 12.4. The lowest BCUT2D eigenvalue weighted by molar-refractivity contribution is -0.274. The Morgan fingerprint density at radius 1 is 1.29 bits per heavy atom. The quantitative estimate of drug-likeness (QED) is 0.379. The Labute approximate surface area is 95.9 Å². The van der Waals surface area contributed by atoms with Gasteiger partial charge in [0, 0.05) is 12.7 Å². The molecule has 1 aromatic rings. The first-order chi connectivity index (χ1) is 7.83. The molecule has 0 atom stereocenters. The zero-order valence-electron chi connectivity index (χ0n) is 9.19. The van der Waals surface area contributed by atoms with Crippen molar-refractivity contribution in [1.82, 2.24) is 0 Å². The number of alkyl halides is 3. The summed E-state index contributed by atoms with van der Waals surface area (Å²) >= 11 is 0. The lowest BCUT2D eigenvalue weighted by Gasteiger charge is -2.17. The molecule has 0 unspecified atom stereocenters. The number of nitrogens with zero attached hydrogens (tertiary/aromatic N) is 2. The minimum atomic E-state index is -4.70. The van der Waals surface area contributed by atoms with E-state index >= 15 is 0 Å². The van der Waals surface area contributed by atoms with Gasteiger partial charge in [-0.05, 0) is 31.2 Å². The Bertz CT molecular complexity index is 401. The van der Waals surface area contributed by atoms with Crippen LogP contribution in [0.15, 0.2) is 29.4 Å². The predicted octanol–water partition coefficient (Wildman–Crippen LogP) is 2.83. The van der Waals surface area contributed by atoms with Crippen LogP contribution in [0.4, 0.5) is 18.9 Å². The molecule has 0 aliphatic rings. The summed E-state index contributed by atoms with van der Waals surface area (Å²) in [5, 5.41) is 11.5. The zero-order chi connectivity index (χ0) is 13.1. The second kappa shape index (κ2) is 4.94. The van der Waals surface area contributed by atoms with Gasteiger partial charge in [-0.3, -0.25) is 0 Å². The number of rotatable bonds is 2. The van der Waals surface area contributed by atoms with E-state index in [4.69, 9.17) is 5.21 Å². The largest absolute Gasteiger partial charge is 0.573 e. The fourth-order valence-electron chi connectivity index (χ4n) is 1.13. The van der Waals surface area contributed by atoms with E-state index in [1.165, 1.54) is 29.2 Å². The number of benzene rings is 1. The van der Waals surface area contributed by atoms with Crippen LogP contribution in [0.25, 0.3) is 0 Å². The zero-order valence-corrected chi connectivity index (χ0v) is 9.19. The van der Waals surface area contributed by atoms with E-state index in [0.717, 1.165) is 0 Å². The molecule has 4 nitrogen and oxygen atoms in total. The van der Waals surface area contributed by atoms with Gasteiger partial charge in [-0.25, -0.2) is 0 Å². The first kappa shape index (κ1) is 13.1. The van der Waals surface area contributed by atoms with Gasteiger partial charge in [0.15, 0.2) is 0 Å². The highest BCUT2D eigenvalue weighted by Crippen LogP contribution is 2.24. The van der Waals surface area contributed by atoms with Crippen molar-refractivity contribution < 1.29 is 23.1 Å². The molecule has 0 aliphatic heterocycles. The molecule has 0 bridgehead atoms. The van der Waals surface area contributed by atoms with Crippen LogP contribution in [0.5, 0.6) is 5.75 Å². The molecule has 0 spiro atoms. The Morgan fingerprint density at radius 2 is 1.82 bits per heavy atom. The van der Waals surface area contributed by atoms with Crippen LogP contribution in [-0.4, -0.2) is 24.5 Å².